The maximum atomic E-state index is 13.0. The first-order valence-corrected chi connectivity index (χ1v) is 10.1. The summed E-state index contributed by atoms with van der Waals surface area (Å²) in [7, 11) is 0. The van der Waals surface area contributed by atoms with Crippen molar-refractivity contribution in [1.82, 2.24) is 10.3 Å². The van der Waals surface area contributed by atoms with Gasteiger partial charge in [-0.05, 0) is 47.5 Å². The molecule has 2 N–H and O–H groups in total. The van der Waals surface area contributed by atoms with Crippen molar-refractivity contribution >= 4 is 34.3 Å². The molecular weight excluding hydrogens is 366 g/mol. The summed E-state index contributed by atoms with van der Waals surface area (Å²) in [6.45, 7) is 9.48. The Morgan fingerprint density at radius 3 is 2.41 bits per heavy atom. The maximum Gasteiger partial charge on any atom is 0.350 e. The summed E-state index contributed by atoms with van der Waals surface area (Å²) in [5, 5.41) is 6.13. The van der Waals surface area contributed by atoms with Crippen molar-refractivity contribution in [1.29, 1.82) is 0 Å². The van der Waals surface area contributed by atoms with Crippen LogP contribution in [0.1, 0.15) is 75.2 Å². The molecule has 27 heavy (non-hydrogen) atoms. The number of nitrogens with zero attached hydrogens (tertiary/aromatic N) is 1. The van der Waals surface area contributed by atoms with Gasteiger partial charge in [0.1, 0.15) is 4.88 Å². The molecule has 1 aromatic heterocycles. The molecule has 0 aromatic carbocycles. The van der Waals surface area contributed by atoms with E-state index >= 15 is 0 Å². The van der Waals surface area contributed by atoms with Crippen molar-refractivity contribution in [2.75, 3.05) is 11.9 Å². The summed E-state index contributed by atoms with van der Waals surface area (Å²) >= 11 is 1.10. The van der Waals surface area contributed by atoms with Gasteiger partial charge in [0.2, 0.25) is 11.8 Å². The molecule has 150 valence electrons. The summed E-state index contributed by atoms with van der Waals surface area (Å²) < 4.78 is 5.01. The normalized spacial score (nSPS) is 16.0. The lowest BCUT2D eigenvalue weighted by atomic mass is 9.81. The predicted octanol–water partition coefficient (Wildman–Crippen LogP) is 3.43. The van der Waals surface area contributed by atoms with Gasteiger partial charge in [-0.25, -0.2) is 9.78 Å². The Morgan fingerprint density at radius 2 is 1.85 bits per heavy atom. The third kappa shape index (κ3) is 5.51. The monoisotopic (exact) mass is 395 g/mol. The number of rotatable bonds is 6. The lowest BCUT2D eigenvalue weighted by Crippen LogP contribution is -2.45. The van der Waals surface area contributed by atoms with Crippen molar-refractivity contribution in [3.8, 4) is 0 Å². The van der Waals surface area contributed by atoms with Crippen molar-refractivity contribution in [3.05, 3.63) is 10.6 Å². The Labute approximate surface area is 164 Å². The van der Waals surface area contributed by atoms with Crippen molar-refractivity contribution in [3.63, 3.8) is 0 Å². The highest BCUT2D eigenvalue weighted by molar-refractivity contribution is 7.17. The smallest absolute Gasteiger partial charge is 0.350 e. The summed E-state index contributed by atoms with van der Waals surface area (Å²) in [5.74, 6) is -0.761. The van der Waals surface area contributed by atoms with Gasteiger partial charge in [0.15, 0.2) is 5.13 Å². The number of hydrogen-bond donors (Lipinski definition) is 2. The Morgan fingerprint density at radius 1 is 1.22 bits per heavy atom. The van der Waals surface area contributed by atoms with Gasteiger partial charge in [-0.2, -0.15) is 0 Å². The molecule has 1 aliphatic carbocycles. The number of esters is 1. The zero-order chi connectivity index (χ0) is 20.2. The van der Waals surface area contributed by atoms with Gasteiger partial charge in [0, 0.05) is 12.0 Å². The molecule has 1 fully saturated rings. The third-order valence-corrected chi connectivity index (χ3v) is 5.59. The number of amides is 2. The maximum absolute atomic E-state index is 13.0. The van der Waals surface area contributed by atoms with Gasteiger partial charge in [-0.1, -0.05) is 24.2 Å². The van der Waals surface area contributed by atoms with E-state index in [-0.39, 0.29) is 30.4 Å². The zero-order valence-electron chi connectivity index (χ0n) is 16.7. The molecule has 2 rings (SSSR count). The molecule has 0 spiro atoms. The average molecular weight is 396 g/mol. The van der Waals surface area contributed by atoms with Gasteiger partial charge in [-0.3, -0.25) is 9.59 Å². The highest BCUT2D eigenvalue weighted by atomic mass is 32.1. The number of carbonyl (C=O) groups is 3. The van der Waals surface area contributed by atoms with Gasteiger partial charge >= 0.3 is 5.97 Å². The number of anilines is 1. The molecule has 8 heteroatoms. The number of nitrogens with one attached hydrogen (secondary N) is 2. The lowest BCUT2D eigenvalue weighted by molar-refractivity contribution is -0.133. The van der Waals surface area contributed by atoms with E-state index in [2.05, 4.69) is 15.6 Å². The van der Waals surface area contributed by atoms with Crippen LogP contribution in [-0.4, -0.2) is 34.9 Å². The molecule has 0 unspecified atom stereocenters. The largest absolute Gasteiger partial charge is 0.462 e. The first kappa shape index (κ1) is 21.3. The SMILES string of the molecule is CCOC(=O)c1sc(NC(=O)C2(CC(=O)NC(C)(C)C)CCCC2)nc1C. The number of hydrogen-bond acceptors (Lipinski definition) is 6. The van der Waals surface area contributed by atoms with Crippen LogP contribution in [0.4, 0.5) is 5.13 Å². The second-order valence-corrected chi connectivity index (χ2v) is 9.07. The summed E-state index contributed by atoms with van der Waals surface area (Å²) in [4.78, 5) is 42.1. The minimum Gasteiger partial charge on any atom is -0.462 e. The van der Waals surface area contributed by atoms with Crippen LogP contribution in [0, 0.1) is 12.3 Å². The molecule has 7 nitrogen and oxygen atoms in total. The summed E-state index contributed by atoms with van der Waals surface area (Å²) in [5.41, 5.74) is -0.535. The molecule has 0 saturated heterocycles. The first-order chi connectivity index (χ1) is 12.6. The molecule has 0 atom stereocenters. The Hall–Kier alpha value is -1.96. The van der Waals surface area contributed by atoms with E-state index in [1.807, 2.05) is 20.8 Å². The topological polar surface area (TPSA) is 97.4 Å². The number of aromatic nitrogens is 1. The highest BCUT2D eigenvalue weighted by Gasteiger charge is 2.43. The van der Waals surface area contributed by atoms with E-state index in [0.717, 1.165) is 24.2 Å². The minimum atomic E-state index is -0.723. The minimum absolute atomic E-state index is 0.123. The van der Waals surface area contributed by atoms with Gasteiger partial charge < -0.3 is 15.4 Å². The van der Waals surface area contributed by atoms with E-state index in [9.17, 15) is 14.4 Å². The van der Waals surface area contributed by atoms with Crippen LogP contribution in [0.3, 0.4) is 0 Å². The molecular formula is C19H29N3O4S. The van der Waals surface area contributed by atoms with Crippen LogP contribution in [0.15, 0.2) is 0 Å². The summed E-state index contributed by atoms with van der Waals surface area (Å²) in [6.07, 6.45) is 3.34. The van der Waals surface area contributed by atoms with Gasteiger partial charge in [0.05, 0.1) is 17.7 Å². The molecule has 1 heterocycles. The fourth-order valence-electron chi connectivity index (χ4n) is 3.37. The van der Waals surface area contributed by atoms with Crippen LogP contribution < -0.4 is 10.6 Å². The molecule has 0 aliphatic heterocycles. The van der Waals surface area contributed by atoms with Crippen LogP contribution in [0.2, 0.25) is 0 Å². The van der Waals surface area contributed by atoms with E-state index in [4.69, 9.17) is 4.74 Å². The van der Waals surface area contributed by atoms with Gasteiger partial charge in [0.25, 0.3) is 0 Å². The Balaban J connectivity index is 2.13. The average Bonchev–Trinajstić information content (AvgIpc) is 3.13. The van der Waals surface area contributed by atoms with E-state index in [0.29, 0.717) is 28.5 Å². The Bertz CT molecular complexity index is 715. The number of ether oxygens (including phenoxy) is 1. The quantitative estimate of drug-likeness (QED) is 0.719. The zero-order valence-corrected chi connectivity index (χ0v) is 17.5. The van der Waals surface area contributed by atoms with Crippen LogP contribution >= 0.6 is 11.3 Å². The standard InChI is InChI=1S/C19H29N3O4S/c1-6-26-15(24)14-12(2)20-17(27-14)21-16(25)19(9-7-8-10-19)11-13(23)22-18(3,4)5/h6-11H2,1-5H3,(H,22,23)(H,20,21,25). The third-order valence-electron chi connectivity index (χ3n) is 4.53. The molecule has 2 amide bonds. The molecule has 1 aromatic rings. The summed E-state index contributed by atoms with van der Waals surface area (Å²) in [6, 6.07) is 0. The van der Waals surface area contributed by atoms with E-state index in [1.54, 1.807) is 13.8 Å². The fraction of sp³-hybridized carbons (Fsp3) is 0.684. The molecule has 0 radical (unpaired) electrons. The number of aryl methyl sites for hydroxylation is 1. The van der Waals surface area contributed by atoms with E-state index < -0.39 is 11.4 Å². The molecule has 1 saturated carbocycles. The number of thiazole rings is 1. The fourth-order valence-corrected chi connectivity index (χ4v) is 4.23. The molecule has 0 bridgehead atoms. The lowest BCUT2D eigenvalue weighted by Gasteiger charge is -2.29. The van der Waals surface area contributed by atoms with E-state index in [1.165, 1.54) is 0 Å². The van der Waals surface area contributed by atoms with Crippen molar-refractivity contribution < 1.29 is 19.1 Å². The predicted molar refractivity (Wildman–Crippen MR) is 105 cm³/mol. The van der Waals surface area contributed by atoms with Crippen LogP contribution in [-0.2, 0) is 14.3 Å². The number of carbonyl (C=O) groups excluding carboxylic acids is 3. The van der Waals surface area contributed by atoms with Crippen LogP contribution in [0.5, 0.6) is 0 Å². The van der Waals surface area contributed by atoms with Gasteiger partial charge in [-0.15, -0.1) is 0 Å². The second kappa shape index (κ2) is 8.37. The second-order valence-electron chi connectivity index (χ2n) is 8.07. The molecule has 1 aliphatic rings. The van der Waals surface area contributed by atoms with Crippen molar-refractivity contribution in [2.45, 2.75) is 72.3 Å². The highest BCUT2D eigenvalue weighted by Crippen LogP contribution is 2.42. The first-order valence-electron chi connectivity index (χ1n) is 9.33. The van der Waals surface area contributed by atoms with Crippen molar-refractivity contribution in [2.24, 2.45) is 5.41 Å². The van der Waals surface area contributed by atoms with Crippen LogP contribution in [0.25, 0.3) is 0 Å². The Kier molecular flexibility index (Phi) is 6.62.